The van der Waals surface area contributed by atoms with Gasteiger partial charge in [0.25, 0.3) is 0 Å². The van der Waals surface area contributed by atoms with Crippen LogP contribution in [0.2, 0.25) is 5.02 Å². The van der Waals surface area contributed by atoms with E-state index in [0.29, 0.717) is 10.6 Å². The molecule has 0 bridgehead atoms. The Morgan fingerprint density at radius 2 is 2.25 bits per heavy atom. The molecule has 0 atom stereocenters. The Bertz CT molecular complexity index is 415. The Morgan fingerprint density at radius 3 is 2.81 bits per heavy atom. The van der Waals surface area contributed by atoms with E-state index in [4.69, 9.17) is 11.6 Å². The standard InChI is InChI=1S/C12H12ClFNO/c1-15(2)6-5-11(16)7-9-3-4-10(13)8-12(9)14/h3-4,6,8H,7H2,1-2H3. The largest absolute Gasteiger partial charge is 0.383 e. The first-order valence-electron chi connectivity index (χ1n) is 4.72. The number of rotatable bonds is 4. The highest BCUT2D eigenvalue weighted by atomic mass is 35.5. The number of allylic oxidation sites excluding steroid dienone is 1. The van der Waals surface area contributed by atoms with Crippen molar-refractivity contribution in [2.75, 3.05) is 14.1 Å². The van der Waals surface area contributed by atoms with Gasteiger partial charge in [-0.1, -0.05) is 17.7 Å². The van der Waals surface area contributed by atoms with Crippen LogP contribution in [0.25, 0.3) is 0 Å². The summed E-state index contributed by atoms with van der Waals surface area (Å²) in [4.78, 5) is 13.1. The van der Waals surface area contributed by atoms with Gasteiger partial charge < -0.3 is 4.90 Å². The Morgan fingerprint density at radius 1 is 1.56 bits per heavy atom. The summed E-state index contributed by atoms with van der Waals surface area (Å²) in [5.41, 5.74) is 0.328. The van der Waals surface area contributed by atoms with Gasteiger partial charge in [0.15, 0.2) is 5.78 Å². The maximum Gasteiger partial charge on any atom is 0.169 e. The molecule has 0 saturated carbocycles. The molecular weight excluding hydrogens is 229 g/mol. The molecule has 2 nitrogen and oxygen atoms in total. The second-order valence-corrected chi connectivity index (χ2v) is 4.01. The molecule has 85 valence electrons. The Labute approximate surface area is 99.3 Å². The fourth-order valence-corrected chi connectivity index (χ4v) is 1.25. The Balaban J connectivity index is 2.70. The Hall–Kier alpha value is -1.35. The van der Waals surface area contributed by atoms with E-state index in [0.717, 1.165) is 0 Å². The summed E-state index contributed by atoms with van der Waals surface area (Å²) >= 11 is 5.60. The smallest absolute Gasteiger partial charge is 0.169 e. The third kappa shape index (κ3) is 4.03. The number of nitrogens with zero attached hydrogens (tertiary/aromatic N) is 1. The molecule has 0 aliphatic carbocycles. The van der Waals surface area contributed by atoms with Crippen LogP contribution in [0.1, 0.15) is 5.56 Å². The number of ketones is 1. The average Bonchev–Trinajstić information content (AvgIpc) is 2.19. The molecule has 4 heteroatoms. The van der Waals surface area contributed by atoms with Crippen LogP contribution in [0, 0.1) is 11.9 Å². The SMILES string of the molecule is CN(C)/C=[C]\C(=O)Cc1ccc(Cl)cc1F. The lowest BCUT2D eigenvalue weighted by Crippen LogP contribution is -2.06. The molecule has 0 aliphatic rings. The van der Waals surface area contributed by atoms with Crippen molar-refractivity contribution in [3.63, 3.8) is 0 Å². The summed E-state index contributed by atoms with van der Waals surface area (Å²) in [5, 5.41) is 0.321. The van der Waals surface area contributed by atoms with Crippen LogP contribution in [-0.4, -0.2) is 24.8 Å². The van der Waals surface area contributed by atoms with E-state index in [2.05, 4.69) is 6.08 Å². The normalized spacial score (nSPS) is 10.8. The fourth-order valence-electron chi connectivity index (χ4n) is 1.09. The van der Waals surface area contributed by atoms with E-state index < -0.39 is 5.82 Å². The summed E-state index contributed by atoms with van der Waals surface area (Å²) in [7, 11) is 3.56. The maximum atomic E-state index is 13.3. The zero-order chi connectivity index (χ0) is 12.1. The van der Waals surface area contributed by atoms with E-state index in [1.165, 1.54) is 18.3 Å². The first-order valence-corrected chi connectivity index (χ1v) is 5.10. The first-order chi connectivity index (χ1) is 7.49. The number of hydrogen-bond acceptors (Lipinski definition) is 2. The molecule has 1 aromatic carbocycles. The molecule has 1 aromatic rings. The quantitative estimate of drug-likeness (QED) is 0.754. The second kappa shape index (κ2) is 5.66. The molecular formula is C12H12ClFNO. The molecule has 1 radical (unpaired) electrons. The molecule has 0 fully saturated rings. The fraction of sp³-hybridized carbons (Fsp3) is 0.250. The summed E-state index contributed by atoms with van der Waals surface area (Å²) in [6, 6.07) is 4.26. The number of benzene rings is 1. The highest BCUT2D eigenvalue weighted by molar-refractivity contribution is 6.30. The van der Waals surface area contributed by atoms with Crippen molar-refractivity contribution in [1.29, 1.82) is 0 Å². The number of hydrogen-bond donors (Lipinski definition) is 0. The number of carbonyl (C=O) groups excluding carboxylic acids is 1. The van der Waals surface area contributed by atoms with Gasteiger partial charge >= 0.3 is 0 Å². The van der Waals surface area contributed by atoms with Crippen LogP contribution in [0.4, 0.5) is 4.39 Å². The highest BCUT2D eigenvalue weighted by Crippen LogP contribution is 2.15. The van der Waals surface area contributed by atoms with E-state index in [9.17, 15) is 9.18 Å². The van der Waals surface area contributed by atoms with Gasteiger partial charge in [0.05, 0.1) is 0 Å². The van der Waals surface area contributed by atoms with Crippen LogP contribution >= 0.6 is 11.6 Å². The van der Waals surface area contributed by atoms with Gasteiger partial charge in [0.2, 0.25) is 0 Å². The topological polar surface area (TPSA) is 20.3 Å². The van der Waals surface area contributed by atoms with Crippen molar-refractivity contribution in [3.05, 3.63) is 46.9 Å². The number of Topliss-reactive ketones (excluding diaryl/α,β-unsaturated/α-hetero) is 1. The highest BCUT2D eigenvalue weighted by Gasteiger charge is 2.06. The van der Waals surface area contributed by atoms with Gasteiger partial charge in [-0.15, -0.1) is 0 Å². The number of carbonyl (C=O) groups is 1. The van der Waals surface area contributed by atoms with Crippen molar-refractivity contribution < 1.29 is 9.18 Å². The summed E-state index contributed by atoms with van der Waals surface area (Å²) in [6.45, 7) is 0. The van der Waals surface area contributed by atoms with Crippen molar-refractivity contribution in [2.45, 2.75) is 6.42 Å². The molecule has 0 unspecified atom stereocenters. The minimum atomic E-state index is -0.465. The molecule has 0 N–H and O–H groups in total. The van der Waals surface area contributed by atoms with Crippen LogP contribution in [0.15, 0.2) is 24.4 Å². The molecule has 0 aromatic heterocycles. The van der Waals surface area contributed by atoms with Gasteiger partial charge in [-0.05, 0) is 17.7 Å². The minimum Gasteiger partial charge on any atom is -0.383 e. The predicted molar refractivity (Wildman–Crippen MR) is 61.6 cm³/mol. The third-order valence-corrected chi connectivity index (χ3v) is 2.08. The number of halogens is 2. The molecule has 0 amide bonds. The lowest BCUT2D eigenvalue weighted by Gasteiger charge is -2.03. The summed E-state index contributed by atoms with van der Waals surface area (Å²) in [5.74, 6) is -0.734. The zero-order valence-electron chi connectivity index (χ0n) is 9.13. The van der Waals surface area contributed by atoms with E-state index >= 15 is 0 Å². The van der Waals surface area contributed by atoms with Gasteiger partial charge in [-0.2, -0.15) is 0 Å². The molecule has 1 rings (SSSR count). The zero-order valence-corrected chi connectivity index (χ0v) is 9.88. The van der Waals surface area contributed by atoms with Crippen LogP contribution in [-0.2, 0) is 11.2 Å². The average molecular weight is 241 g/mol. The molecule has 16 heavy (non-hydrogen) atoms. The van der Waals surface area contributed by atoms with E-state index in [-0.39, 0.29) is 12.2 Å². The van der Waals surface area contributed by atoms with Gasteiger partial charge in [0, 0.05) is 37.8 Å². The third-order valence-electron chi connectivity index (χ3n) is 1.85. The molecule has 0 spiro atoms. The van der Waals surface area contributed by atoms with Crippen molar-refractivity contribution in [1.82, 2.24) is 4.90 Å². The lowest BCUT2D eigenvalue weighted by molar-refractivity contribution is -0.114. The van der Waals surface area contributed by atoms with Gasteiger partial charge in [-0.25, -0.2) is 4.39 Å². The van der Waals surface area contributed by atoms with Crippen molar-refractivity contribution in [2.24, 2.45) is 0 Å². The van der Waals surface area contributed by atoms with Crippen molar-refractivity contribution in [3.8, 4) is 0 Å². The van der Waals surface area contributed by atoms with Gasteiger partial charge in [0.1, 0.15) is 5.82 Å². The lowest BCUT2D eigenvalue weighted by atomic mass is 10.1. The monoisotopic (exact) mass is 240 g/mol. The van der Waals surface area contributed by atoms with Crippen LogP contribution < -0.4 is 0 Å². The van der Waals surface area contributed by atoms with Crippen molar-refractivity contribution >= 4 is 17.4 Å². The van der Waals surface area contributed by atoms with E-state index in [1.54, 1.807) is 25.1 Å². The maximum absolute atomic E-state index is 13.3. The minimum absolute atomic E-state index is 0.00660. The summed E-state index contributed by atoms with van der Waals surface area (Å²) in [6.07, 6.45) is 4.04. The molecule has 0 saturated heterocycles. The van der Waals surface area contributed by atoms with Crippen LogP contribution in [0.3, 0.4) is 0 Å². The second-order valence-electron chi connectivity index (χ2n) is 3.57. The van der Waals surface area contributed by atoms with E-state index in [1.807, 2.05) is 0 Å². The first kappa shape index (κ1) is 12.7. The summed E-state index contributed by atoms with van der Waals surface area (Å²) < 4.78 is 13.3. The predicted octanol–water partition coefficient (Wildman–Crippen LogP) is 2.47. The van der Waals surface area contributed by atoms with Gasteiger partial charge in [-0.3, -0.25) is 4.79 Å². The van der Waals surface area contributed by atoms with Crippen LogP contribution in [0.5, 0.6) is 0 Å². The Kier molecular flexibility index (Phi) is 4.50. The molecule has 0 aliphatic heterocycles. The molecule has 0 heterocycles.